The summed E-state index contributed by atoms with van der Waals surface area (Å²) in [5.74, 6) is -0.872. The quantitative estimate of drug-likeness (QED) is 0.877. The van der Waals surface area contributed by atoms with E-state index in [-0.39, 0.29) is 5.91 Å². The minimum absolute atomic E-state index is 0.0475. The molecule has 1 N–H and O–H groups in total. The molecule has 1 fully saturated rings. The second-order valence-electron chi connectivity index (χ2n) is 4.81. The molecule has 0 radical (unpaired) electrons. The number of hydrogen-bond donors (Lipinski definition) is 1. The number of aryl methyl sites for hydroxylation is 1. The highest BCUT2D eigenvalue weighted by atomic mass is 32.1. The molecule has 5 heteroatoms. The molecule has 92 valence electrons. The highest BCUT2D eigenvalue weighted by Gasteiger charge is 2.42. The number of aliphatic carboxylic acids is 1. The summed E-state index contributed by atoms with van der Waals surface area (Å²) < 4.78 is 0. The third kappa shape index (κ3) is 2.07. The Kier molecular flexibility index (Phi) is 2.95. The second kappa shape index (κ2) is 4.14. The normalized spacial score (nSPS) is 24.0. The van der Waals surface area contributed by atoms with E-state index in [0.29, 0.717) is 25.1 Å². The smallest absolute Gasteiger partial charge is 0.311 e. The Labute approximate surface area is 104 Å². The molecule has 4 nitrogen and oxygen atoms in total. The lowest BCUT2D eigenvalue weighted by molar-refractivity contribution is -0.147. The Morgan fingerprint density at radius 3 is 2.65 bits per heavy atom. The van der Waals surface area contributed by atoms with Crippen LogP contribution in [0.2, 0.25) is 0 Å². The van der Waals surface area contributed by atoms with Crippen LogP contribution in [-0.2, 0) is 4.79 Å². The fraction of sp³-hybridized carbons (Fsp3) is 0.500. The summed E-state index contributed by atoms with van der Waals surface area (Å²) in [5.41, 5.74) is 0.869. The van der Waals surface area contributed by atoms with E-state index in [1.807, 2.05) is 17.7 Å². The summed E-state index contributed by atoms with van der Waals surface area (Å²) in [7, 11) is 0. The molecule has 17 heavy (non-hydrogen) atoms. The summed E-state index contributed by atoms with van der Waals surface area (Å²) in [4.78, 5) is 24.9. The lowest BCUT2D eigenvalue weighted by atomic mass is 9.90. The number of carbonyl (C=O) groups is 2. The summed E-state index contributed by atoms with van der Waals surface area (Å²) in [6, 6.07) is 0. The molecule has 2 heterocycles. The third-order valence-electron chi connectivity index (χ3n) is 3.36. The standard InChI is InChI=1S/C12H15NO3S/c1-8-5-17-6-9(8)10(14)13-4-3-12(2,7-13)11(15)16/h5-6H,3-4,7H2,1-2H3,(H,15,16)/t12-/m1/s1. The minimum Gasteiger partial charge on any atom is -0.481 e. The van der Waals surface area contributed by atoms with E-state index < -0.39 is 11.4 Å². The number of likely N-dealkylation sites (tertiary alicyclic amines) is 1. The maximum Gasteiger partial charge on any atom is 0.311 e. The van der Waals surface area contributed by atoms with Gasteiger partial charge in [-0.3, -0.25) is 9.59 Å². The number of nitrogens with zero attached hydrogens (tertiary/aromatic N) is 1. The van der Waals surface area contributed by atoms with Gasteiger partial charge in [0.05, 0.1) is 11.0 Å². The molecule has 1 saturated heterocycles. The summed E-state index contributed by atoms with van der Waals surface area (Å²) in [6.07, 6.45) is 0.525. The molecular weight excluding hydrogens is 238 g/mol. The van der Waals surface area contributed by atoms with E-state index in [0.717, 1.165) is 5.56 Å². The zero-order chi connectivity index (χ0) is 12.6. The molecule has 0 spiro atoms. The molecule has 0 aromatic carbocycles. The van der Waals surface area contributed by atoms with Gasteiger partial charge in [-0.05, 0) is 31.2 Å². The molecular formula is C12H15NO3S. The van der Waals surface area contributed by atoms with Crippen molar-refractivity contribution in [3.8, 4) is 0 Å². The maximum atomic E-state index is 12.2. The number of carboxylic acids is 1. The molecule has 2 rings (SSSR count). The van der Waals surface area contributed by atoms with Crippen molar-refractivity contribution in [3.63, 3.8) is 0 Å². The second-order valence-corrected chi connectivity index (χ2v) is 5.55. The summed E-state index contributed by atoms with van der Waals surface area (Å²) in [5, 5.41) is 12.9. The van der Waals surface area contributed by atoms with Crippen LogP contribution in [0.25, 0.3) is 0 Å². The van der Waals surface area contributed by atoms with Gasteiger partial charge in [0.2, 0.25) is 0 Å². The average Bonchev–Trinajstić information content (AvgIpc) is 2.85. The molecule has 1 atom stereocenters. The van der Waals surface area contributed by atoms with E-state index in [2.05, 4.69) is 0 Å². The van der Waals surface area contributed by atoms with E-state index >= 15 is 0 Å². The van der Waals surface area contributed by atoms with Gasteiger partial charge in [-0.1, -0.05) is 0 Å². The largest absolute Gasteiger partial charge is 0.481 e. The van der Waals surface area contributed by atoms with Crippen LogP contribution in [0.3, 0.4) is 0 Å². The van der Waals surface area contributed by atoms with Gasteiger partial charge in [0.1, 0.15) is 0 Å². The Morgan fingerprint density at radius 1 is 1.47 bits per heavy atom. The van der Waals surface area contributed by atoms with Crippen molar-refractivity contribution < 1.29 is 14.7 Å². The molecule has 1 aliphatic rings. The molecule has 1 aromatic rings. The van der Waals surface area contributed by atoms with Crippen molar-refractivity contribution in [1.29, 1.82) is 0 Å². The Bertz CT molecular complexity index is 468. The first-order valence-corrected chi connectivity index (χ1v) is 6.44. The Balaban J connectivity index is 2.15. The number of hydrogen-bond acceptors (Lipinski definition) is 3. The summed E-state index contributed by atoms with van der Waals surface area (Å²) in [6.45, 7) is 4.42. The van der Waals surface area contributed by atoms with Crippen LogP contribution in [0, 0.1) is 12.3 Å². The minimum atomic E-state index is -0.824. The van der Waals surface area contributed by atoms with Crippen molar-refractivity contribution in [3.05, 3.63) is 21.9 Å². The van der Waals surface area contributed by atoms with Gasteiger partial charge in [0.25, 0.3) is 5.91 Å². The maximum absolute atomic E-state index is 12.2. The summed E-state index contributed by atoms with van der Waals surface area (Å²) >= 11 is 1.50. The molecule has 1 aromatic heterocycles. The van der Waals surface area contributed by atoms with Gasteiger partial charge < -0.3 is 10.0 Å². The highest BCUT2D eigenvalue weighted by molar-refractivity contribution is 7.08. The molecule has 0 unspecified atom stereocenters. The highest BCUT2D eigenvalue weighted by Crippen LogP contribution is 2.31. The monoisotopic (exact) mass is 253 g/mol. The van der Waals surface area contributed by atoms with E-state index in [9.17, 15) is 9.59 Å². The molecule has 1 amide bonds. The molecule has 1 aliphatic heterocycles. The van der Waals surface area contributed by atoms with Gasteiger partial charge in [-0.25, -0.2) is 0 Å². The van der Waals surface area contributed by atoms with Gasteiger partial charge >= 0.3 is 5.97 Å². The molecule has 0 saturated carbocycles. The van der Waals surface area contributed by atoms with Gasteiger partial charge in [0.15, 0.2) is 0 Å². The zero-order valence-electron chi connectivity index (χ0n) is 9.90. The first kappa shape index (κ1) is 12.1. The van der Waals surface area contributed by atoms with Crippen LogP contribution >= 0.6 is 11.3 Å². The molecule has 0 bridgehead atoms. The average molecular weight is 253 g/mol. The number of amides is 1. The molecule has 0 aliphatic carbocycles. The van der Waals surface area contributed by atoms with Crippen LogP contribution in [0.15, 0.2) is 10.8 Å². The number of rotatable bonds is 2. The van der Waals surface area contributed by atoms with Crippen LogP contribution in [0.5, 0.6) is 0 Å². The topological polar surface area (TPSA) is 57.6 Å². The number of carbonyl (C=O) groups excluding carboxylic acids is 1. The van der Waals surface area contributed by atoms with Gasteiger partial charge in [-0.15, -0.1) is 0 Å². The first-order chi connectivity index (χ1) is 7.94. The van der Waals surface area contributed by atoms with Gasteiger partial charge in [-0.2, -0.15) is 11.3 Å². The Morgan fingerprint density at radius 2 is 2.18 bits per heavy atom. The SMILES string of the molecule is Cc1cscc1C(=O)N1CC[C@@](C)(C(=O)O)C1. The van der Waals surface area contributed by atoms with Crippen LogP contribution in [-0.4, -0.2) is 35.0 Å². The Hall–Kier alpha value is -1.36. The van der Waals surface area contributed by atoms with Crippen molar-refractivity contribution in [1.82, 2.24) is 4.90 Å². The van der Waals surface area contributed by atoms with E-state index in [1.165, 1.54) is 11.3 Å². The van der Waals surface area contributed by atoms with Crippen LogP contribution in [0.1, 0.15) is 29.3 Å². The van der Waals surface area contributed by atoms with Crippen molar-refractivity contribution in [2.24, 2.45) is 5.41 Å². The van der Waals surface area contributed by atoms with Crippen molar-refractivity contribution in [2.45, 2.75) is 20.3 Å². The van der Waals surface area contributed by atoms with E-state index in [1.54, 1.807) is 11.8 Å². The fourth-order valence-corrected chi connectivity index (χ4v) is 2.88. The number of carboxylic acid groups (broad SMARTS) is 1. The number of thiophene rings is 1. The van der Waals surface area contributed by atoms with Crippen LogP contribution in [0.4, 0.5) is 0 Å². The predicted octanol–water partition coefficient (Wildman–Crippen LogP) is 1.99. The third-order valence-corrected chi connectivity index (χ3v) is 4.22. The fourth-order valence-electron chi connectivity index (χ4n) is 2.06. The van der Waals surface area contributed by atoms with E-state index in [4.69, 9.17) is 5.11 Å². The lowest BCUT2D eigenvalue weighted by Gasteiger charge is -2.20. The van der Waals surface area contributed by atoms with Crippen molar-refractivity contribution >= 4 is 23.2 Å². The van der Waals surface area contributed by atoms with Crippen molar-refractivity contribution in [2.75, 3.05) is 13.1 Å². The van der Waals surface area contributed by atoms with Crippen LogP contribution < -0.4 is 0 Å². The lowest BCUT2D eigenvalue weighted by Crippen LogP contribution is -2.34. The predicted molar refractivity (Wildman–Crippen MR) is 65.3 cm³/mol. The first-order valence-electron chi connectivity index (χ1n) is 5.49. The zero-order valence-corrected chi connectivity index (χ0v) is 10.7. The van der Waals surface area contributed by atoms with Gasteiger partial charge in [0, 0.05) is 18.5 Å².